The molecule has 0 fully saturated rings. The molecule has 0 saturated carbocycles. The van der Waals surface area contributed by atoms with Crippen LogP contribution < -0.4 is 10.6 Å². The maximum atomic E-state index is 6.18. The molecule has 0 unspecified atom stereocenters. The van der Waals surface area contributed by atoms with Crippen LogP contribution in [-0.2, 0) is 0 Å². The predicted octanol–water partition coefficient (Wildman–Crippen LogP) is 2.04. The van der Waals surface area contributed by atoms with E-state index in [-0.39, 0.29) is 0 Å². The molecule has 3 rings (SSSR count). The SMILES string of the molecule is CN(C)c1ccc2nc(-c3ccccn3)c(N)n2c1. The van der Waals surface area contributed by atoms with Gasteiger partial charge in [0, 0.05) is 26.5 Å². The molecule has 3 aromatic heterocycles. The fraction of sp³-hybridized carbons (Fsp3) is 0.143. The van der Waals surface area contributed by atoms with E-state index in [1.54, 1.807) is 6.20 Å². The van der Waals surface area contributed by atoms with Crippen LogP contribution in [0.2, 0.25) is 0 Å². The first-order valence-corrected chi connectivity index (χ1v) is 6.03. The number of anilines is 2. The first-order chi connectivity index (χ1) is 9.16. The van der Waals surface area contributed by atoms with Crippen LogP contribution in [0, 0.1) is 0 Å². The summed E-state index contributed by atoms with van der Waals surface area (Å²) in [5.41, 5.74) is 9.58. The normalized spacial score (nSPS) is 10.8. The molecule has 0 saturated heterocycles. The van der Waals surface area contributed by atoms with Crippen LogP contribution in [0.1, 0.15) is 0 Å². The van der Waals surface area contributed by atoms with E-state index < -0.39 is 0 Å². The van der Waals surface area contributed by atoms with E-state index in [0.29, 0.717) is 5.82 Å². The molecular weight excluding hydrogens is 238 g/mol. The Kier molecular flexibility index (Phi) is 2.59. The molecule has 0 aliphatic rings. The van der Waals surface area contributed by atoms with Crippen molar-refractivity contribution in [2.45, 2.75) is 0 Å². The minimum absolute atomic E-state index is 0.609. The third-order valence-electron chi connectivity index (χ3n) is 3.06. The van der Waals surface area contributed by atoms with E-state index in [1.165, 1.54) is 0 Å². The monoisotopic (exact) mass is 253 g/mol. The van der Waals surface area contributed by atoms with Crippen LogP contribution in [-0.4, -0.2) is 28.5 Å². The Hall–Kier alpha value is -2.56. The number of imidazole rings is 1. The minimum atomic E-state index is 0.609. The first-order valence-electron chi connectivity index (χ1n) is 6.03. The lowest BCUT2D eigenvalue weighted by molar-refractivity contribution is 1.09. The molecule has 0 radical (unpaired) electrons. The van der Waals surface area contributed by atoms with Gasteiger partial charge in [0.2, 0.25) is 0 Å². The van der Waals surface area contributed by atoms with Crippen molar-refractivity contribution in [3.05, 3.63) is 42.7 Å². The number of pyridine rings is 2. The molecule has 0 spiro atoms. The standard InChI is InChI=1S/C14H15N5/c1-18(2)10-6-7-12-17-13(14(15)19(12)9-10)11-5-3-4-8-16-11/h3-9H,15H2,1-2H3. The van der Waals surface area contributed by atoms with Crippen molar-refractivity contribution in [2.24, 2.45) is 0 Å². The van der Waals surface area contributed by atoms with Crippen molar-refractivity contribution < 1.29 is 0 Å². The molecule has 5 heteroatoms. The molecule has 0 amide bonds. The quantitative estimate of drug-likeness (QED) is 0.759. The van der Waals surface area contributed by atoms with Gasteiger partial charge in [-0.1, -0.05) is 6.07 Å². The van der Waals surface area contributed by atoms with E-state index in [0.717, 1.165) is 22.7 Å². The molecule has 3 aromatic rings. The van der Waals surface area contributed by atoms with Crippen LogP contribution >= 0.6 is 0 Å². The summed E-state index contributed by atoms with van der Waals surface area (Å²) < 4.78 is 1.89. The zero-order valence-electron chi connectivity index (χ0n) is 10.9. The van der Waals surface area contributed by atoms with E-state index in [2.05, 4.69) is 9.97 Å². The Morgan fingerprint density at radius 1 is 1.16 bits per heavy atom. The lowest BCUT2D eigenvalue weighted by Crippen LogP contribution is -2.09. The van der Waals surface area contributed by atoms with Gasteiger partial charge in [-0.05, 0) is 24.3 Å². The molecule has 0 bridgehead atoms. The summed E-state index contributed by atoms with van der Waals surface area (Å²) in [7, 11) is 3.99. The van der Waals surface area contributed by atoms with Crippen LogP contribution in [0.5, 0.6) is 0 Å². The fourth-order valence-electron chi connectivity index (χ4n) is 2.01. The van der Waals surface area contributed by atoms with Crippen molar-refractivity contribution in [1.29, 1.82) is 0 Å². The van der Waals surface area contributed by atoms with Gasteiger partial charge >= 0.3 is 0 Å². The second-order valence-corrected chi connectivity index (χ2v) is 4.57. The van der Waals surface area contributed by atoms with Crippen LogP contribution in [0.15, 0.2) is 42.7 Å². The summed E-state index contributed by atoms with van der Waals surface area (Å²) in [5.74, 6) is 0.609. The third kappa shape index (κ3) is 1.89. The van der Waals surface area contributed by atoms with Gasteiger partial charge in [-0.25, -0.2) is 4.98 Å². The lowest BCUT2D eigenvalue weighted by Gasteiger charge is -2.12. The average Bonchev–Trinajstić information content (AvgIpc) is 2.77. The van der Waals surface area contributed by atoms with Crippen molar-refractivity contribution in [3.63, 3.8) is 0 Å². The smallest absolute Gasteiger partial charge is 0.139 e. The molecule has 96 valence electrons. The van der Waals surface area contributed by atoms with E-state index >= 15 is 0 Å². The van der Waals surface area contributed by atoms with Crippen molar-refractivity contribution >= 4 is 17.2 Å². The maximum Gasteiger partial charge on any atom is 0.139 e. The highest BCUT2D eigenvalue weighted by Crippen LogP contribution is 2.26. The number of nitrogens with zero attached hydrogens (tertiary/aromatic N) is 4. The summed E-state index contributed by atoms with van der Waals surface area (Å²) in [4.78, 5) is 10.9. The third-order valence-corrected chi connectivity index (χ3v) is 3.06. The zero-order valence-corrected chi connectivity index (χ0v) is 10.9. The lowest BCUT2D eigenvalue weighted by atomic mass is 10.3. The molecule has 0 aromatic carbocycles. The topological polar surface area (TPSA) is 59.5 Å². The van der Waals surface area contributed by atoms with E-state index in [4.69, 9.17) is 5.73 Å². The van der Waals surface area contributed by atoms with Gasteiger partial charge in [0.25, 0.3) is 0 Å². The first kappa shape index (κ1) is 11.5. The summed E-state index contributed by atoms with van der Waals surface area (Å²) >= 11 is 0. The number of aromatic nitrogens is 3. The van der Waals surface area contributed by atoms with E-state index in [9.17, 15) is 0 Å². The van der Waals surface area contributed by atoms with Crippen LogP contribution in [0.25, 0.3) is 17.0 Å². The molecule has 2 N–H and O–H groups in total. The van der Waals surface area contributed by atoms with Crippen molar-refractivity contribution in [2.75, 3.05) is 24.7 Å². The van der Waals surface area contributed by atoms with Crippen LogP contribution in [0.4, 0.5) is 11.5 Å². The number of rotatable bonds is 2. The summed E-state index contributed by atoms with van der Waals surface area (Å²) in [6.07, 6.45) is 3.72. The summed E-state index contributed by atoms with van der Waals surface area (Å²) in [6, 6.07) is 9.68. The van der Waals surface area contributed by atoms with Crippen LogP contribution in [0.3, 0.4) is 0 Å². The van der Waals surface area contributed by atoms with Gasteiger partial charge in [-0.3, -0.25) is 9.38 Å². The number of hydrogen-bond donors (Lipinski definition) is 1. The molecule has 19 heavy (non-hydrogen) atoms. The Morgan fingerprint density at radius 3 is 2.68 bits per heavy atom. The molecule has 0 aliphatic carbocycles. The minimum Gasteiger partial charge on any atom is -0.383 e. The van der Waals surface area contributed by atoms with Crippen molar-refractivity contribution in [3.8, 4) is 11.4 Å². The summed E-state index contributed by atoms with van der Waals surface area (Å²) in [6.45, 7) is 0. The van der Waals surface area contributed by atoms with Gasteiger partial charge in [-0.2, -0.15) is 0 Å². The second-order valence-electron chi connectivity index (χ2n) is 4.57. The largest absolute Gasteiger partial charge is 0.383 e. The highest BCUT2D eigenvalue weighted by molar-refractivity contribution is 5.73. The predicted molar refractivity (Wildman–Crippen MR) is 77.2 cm³/mol. The Balaban J connectivity index is 2.21. The van der Waals surface area contributed by atoms with Crippen molar-refractivity contribution in [1.82, 2.24) is 14.4 Å². The van der Waals surface area contributed by atoms with Gasteiger partial charge in [0.05, 0.1) is 11.4 Å². The van der Waals surface area contributed by atoms with Gasteiger partial charge in [0.15, 0.2) is 0 Å². The molecule has 0 aliphatic heterocycles. The highest BCUT2D eigenvalue weighted by Gasteiger charge is 2.12. The fourth-order valence-corrected chi connectivity index (χ4v) is 2.01. The number of nitrogens with two attached hydrogens (primary N) is 1. The summed E-state index contributed by atoms with van der Waals surface area (Å²) in [5, 5.41) is 0. The molecule has 0 atom stereocenters. The number of nitrogen functional groups attached to an aromatic ring is 1. The van der Waals surface area contributed by atoms with E-state index in [1.807, 2.05) is 59.9 Å². The average molecular weight is 253 g/mol. The zero-order chi connectivity index (χ0) is 13.4. The number of fused-ring (bicyclic) bond motifs is 1. The Labute approximate surface area is 111 Å². The van der Waals surface area contributed by atoms with Gasteiger partial charge in [0.1, 0.15) is 17.2 Å². The Morgan fingerprint density at radius 2 is 2.00 bits per heavy atom. The Bertz CT molecular complexity index is 715. The second kappa shape index (κ2) is 4.28. The number of hydrogen-bond acceptors (Lipinski definition) is 4. The molecular formula is C14H15N5. The molecule has 3 heterocycles. The molecule has 5 nitrogen and oxygen atoms in total. The maximum absolute atomic E-state index is 6.18. The highest BCUT2D eigenvalue weighted by atomic mass is 15.1. The van der Waals surface area contributed by atoms with Gasteiger partial charge < -0.3 is 10.6 Å². The van der Waals surface area contributed by atoms with Gasteiger partial charge in [-0.15, -0.1) is 0 Å².